The van der Waals surface area contributed by atoms with Crippen LogP contribution in [0.1, 0.15) is 30.3 Å². The first kappa shape index (κ1) is 21.3. The van der Waals surface area contributed by atoms with Gasteiger partial charge in [-0.1, -0.05) is 23.7 Å². The third kappa shape index (κ3) is 5.80. The Hall–Kier alpha value is -2.39. The van der Waals surface area contributed by atoms with Gasteiger partial charge in [0.25, 0.3) is 5.91 Å². The third-order valence-electron chi connectivity index (χ3n) is 4.53. The number of aromatic nitrogens is 2. The Balaban J connectivity index is 1.83. The highest BCUT2D eigenvalue weighted by Gasteiger charge is 2.40. The van der Waals surface area contributed by atoms with Gasteiger partial charge in [0, 0.05) is 17.1 Å². The van der Waals surface area contributed by atoms with Crippen molar-refractivity contribution in [3.8, 4) is 17.1 Å². The molecule has 2 aromatic rings. The smallest absolute Gasteiger partial charge is 0.422 e. The van der Waals surface area contributed by atoms with Crippen LogP contribution < -0.4 is 10.1 Å². The van der Waals surface area contributed by atoms with Crippen LogP contribution in [0.15, 0.2) is 30.5 Å². The lowest BCUT2D eigenvalue weighted by Gasteiger charge is -2.23. The first-order chi connectivity index (χ1) is 13.5. The normalized spacial score (nSPS) is 16.2. The van der Waals surface area contributed by atoms with Gasteiger partial charge in [0.1, 0.15) is 11.4 Å². The molecule has 1 amide bonds. The minimum Gasteiger partial charge on any atom is -0.466 e. The molecule has 0 bridgehead atoms. The Labute approximate surface area is 170 Å². The van der Waals surface area contributed by atoms with Crippen molar-refractivity contribution in [2.45, 2.75) is 31.5 Å². The van der Waals surface area contributed by atoms with Crippen LogP contribution in [0.2, 0.25) is 5.02 Å². The molecular weight excluding hydrogens is 411 g/mol. The van der Waals surface area contributed by atoms with Gasteiger partial charge in [-0.25, -0.2) is 9.97 Å². The van der Waals surface area contributed by atoms with Crippen molar-refractivity contribution in [3.05, 3.63) is 41.2 Å². The zero-order chi connectivity index (χ0) is 21.2. The highest BCUT2D eigenvalue weighted by Crippen LogP contribution is 2.39. The number of hydrogen-bond donors (Lipinski definition) is 2. The fraction of sp³-hybridized carbons (Fsp3) is 0.421. The van der Waals surface area contributed by atoms with Gasteiger partial charge in [0.2, 0.25) is 5.88 Å². The van der Waals surface area contributed by atoms with E-state index in [1.807, 2.05) is 0 Å². The molecule has 6 nitrogen and oxygen atoms in total. The molecule has 1 fully saturated rings. The highest BCUT2D eigenvalue weighted by atomic mass is 35.5. The monoisotopic (exact) mass is 429 g/mol. The lowest BCUT2D eigenvalue weighted by atomic mass is 10.0. The highest BCUT2D eigenvalue weighted by molar-refractivity contribution is 6.30. The van der Waals surface area contributed by atoms with Gasteiger partial charge in [-0.05, 0) is 37.8 Å². The summed E-state index contributed by atoms with van der Waals surface area (Å²) >= 11 is 5.85. The van der Waals surface area contributed by atoms with Crippen molar-refractivity contribution in [1.82, 2.24) is 15.3 Å². The SMILES string of the molecule is C[C@](O)(CNC(=O)c1cnc(OCC(F)(F)F)c(-c2ccc(Cl)cc2)n1)C1CC1. The summed E-state index contributed by atoms with van der Waals surface area (Å²) in [5.74, 6) is -0.821. The molecule has 1 aliphatic rings. The number of benzene rings is 1. The van der Waals surface area contributed by atoms with Gasteiger partial charge in [0.05, 0.1) is 11.8 Å². The number of aliphatic hydroxyl groups is 1. The average molecular weight is 430 g/mol. The van der Waals surface area contributed by atoms with Crippen molar-refractivity contribution >= 4 is 17.5 Å². The van der Waals surface area contributed by atoms with E-state index in [1.165, 1.54) is 24.3 Å². The third-order valence-corrected chi connectivity index (χ3v) is 4.78. The number of amides is 1. The molecule has 1 saturated carbocycles. The van der Waals surface area contributed by atoms with Crippen molar-refractivity contribution in [1.29, 1.82) is 0 Å². The number of alkyl halides is 3. The van der Waals surface area contributed by atoms with Crippen LogP contribution in [0.3, 0.4) is 0 Å². The van der Waals surface area contributed by atoms with Crippen molar-refractivity contribution in [3.63, 3.8) is 0 Å². The summed E-state index contributed by atoms with van der Waals surface area (Å²) in [7, 11) is 0. The predicted octanol–water partition coefficient (Wildman–Crippen LogP) is 3.63. The van der Waals surface area contributed by atoms with E-state index in [2.05, 4.69) is 15.3 Å². The minimum atomic E-state index is -4.55. The molecule has 1 aromatic heterocycles. The van der Waals surface area contributed by atoms with Gasteiger partial charge in [-0.15, -0.1) is 0 Å². The molecule has 1 atom stereocenters. The summed E-state index contributed by atoms with van der Waals surface area (Å²) in [5, 5.41) is 13.3. The van der Waals surface area contributed by atoms with Crippen LogP contribution >= 0.6 is 11.6 Å². The molecule has 3 rings (SSSR count). The average Bonchev–Trinajstić information content (AvgIpc) is 3.50. The zero-order valence-electron chi connectivity index (χ0n) is 15.5. The van der Waals surface area contributed by atoms with E-state index in [0.29, 0.717) is 10.6 Å². The summed E-state index contributed by atoms with van der Waals surface area (Å²) in [4.78, 5) is 20.4. The molecular formula is C19H19ClF3N3O3. The zero-order valence-corrected chi connectivity index (χ0v) is 16.2. The van der Waals surface area contributed by atoms with Crippen LogP contribution in [0.4, 0.5) is 13.2 Å². The quantitative estimate of drug-likeness (QED) is 0.702. The number of hydrogen-bond acceptors (Lipinski definition) is 5. The number of nitrogens with one attached hydrogen (secondary N) is 1. The molecule has 29 heavy (non-hydrogen) atoms. The maximum Gasteiger partial charge on any atom is 0.422 e. The molecule has 0 radical (unpaired) electrons. The topological polar surface area (TPSA) is 84.3 Å². The fourth-order valence-corrected chi connectivity index (χ4v) is 2.86. The maximum absolute atomic E-state index is 12.5. The van der Waals surface area contributed by atoms with Crippen LogP contribution in [-0.4, -0.2) is 45.9 Å². The van der Waals surface area contributed by atoms with Crippen LogP contribution in [0.5, 0.6) is 5.88 Å². The fourth-order valence-electron chi connectivity index (χ4n) is 2.74. The molecule has 0 saturated heterocycles. The van der Waals surface area contributed by atoms with Crippen LogP contribution in [-0.2, 0) is 0 Å². The Bertz CT molecular complexity index is 885. The van der Waals surface area contributed by atoms with Gasteiger partial charge >= 0.3 is 6.18 Å². The Morgan fingerprint density at radius 2 is 1.97 bits per heavy atom. The van der Waals surface area contributed by atoms with Crippen molar-refractivity contribution < 1.29 is 27.8 Å². The minimum absolute atomic E-state index is 0.0208. The summed E-state index contributed by atoms with van der Waals surface area (Å²) < 4.78 is 42.4. The summed E-state index contributed by atoms with van der Waals surface area (Å²) in [5.41, 5.74) is -0.773. The number of rotatable bonds is 7. The van der Waals surface area contributed by atoms with E-state index in [4.69, 9.17) is 16.3 Å². The second-order valence-corrected chi connectivity index (χ2v) is 7.57. The van der Waals surface area contributed by atoms with Gasteiger partial charge in [-0.2, -0.15) is 13.2 Å². The standard InChI is InChI=1S/C19H19ClF3N3O3/c1-18(28,12-4-5-12)9-25-16(27)14-8-24-17(29-10-19(21,22)23)15(26-14)11-2-6-13(20)7-3-11/h2-3,6-8,12,28H,4-5,9-10H2,1H3,(H,25,27)/t18-/m0/s1. The number of ether oxygens (including phenoxy) is 1. The Morgan fingerprint density at radius 3 is 2.55 bits per heavy atom. The summed E-state index contributed by atoms with van der Waals surface area (Å²) in [6.07, 6.45) is -1.72. The predicted molar refractivity (Wildman–Crippen MR) is 99.7 cm³/mol. The van der Waals surface area contributed by atoms with E-state index in [9.17, 15) is 23.1 Å². The van der Waals surface area contributed by atoms with E-state index < -0.39 is 24.3 Å². The number of carbonyl (C=O) groups is 1. The molecule has 156 valence electrons. The maximum atomic E-state index is 12.5. The van der Waals surface area contributed by atoms with Crippen LogP contribution in [0.25, 0.3) is 11.3 Å². The lowest BCUT2D eigenvalue weighted by molar-refractivity contribution is -0.154. The first-order valence-corrected chi connectivity index (χ1v) is 9.26. The van der Waals surface area contributed by atoms with Gasteiger partial charge in [-0.3, -0.25) is 4.79 Å². The Morgan fingerprint density at radius 1 is 1.31 bits per heavy atom. The molecule has 0 spiro atoms. The summed E-state index contributed by atoms with van der Waals surface area (Å²) in [6.45, 7) is 0.128. The molecule has 1 aromatic carbocycles. The van der Waals surface area contributed by atoms with E-state index in [1.54, 1.807) is 6.92 Å². The largest absolute Gasteiger partial charge is 0.466 e. The molecule has 0 aliphatic heterocycles. The van der Waals surface area contributed by atoms with E-state index >= 15 is 0 Å². The Kier molecular flexibility index (Phi) is 6.00. The van der Waals surface area contributed by atoms with Crippen LogP contribution in [0, 0.1) is 5.92 Å². The molecule has 1 heterocycles. The van der Waals surface area contributed by atoms with E-state index in [0.717, 1.165) is 19.0 Å². The van der Waals surface area contributed by atoms with E-state index in [-0.39, 0.29) is 29.7 Å². The lowest BCUT2D eigenvalue weighted by Crippen LogP contribution is -2.42. The molecule has 1 aliphatic carbocycles. The second kappa shape index (κ2) is 8.16. The van der Waals surface area contributed by atoms with Crippen molar-refractivity contribution in [2.24, 2.45) is 5.92 Å². The molecule has 10 heteroatoms. The van der Waals surface area contributed by atoms with Gasteiger partial charge in [0.15, 0.2) is 6.61 Å². The molecule has 2 N–H and O–H groups in total. The van der Waals surface area contributed by atoms with Gasteiger partial charge < -0.3 is 15.2 Å². The molecule has 0 unspecified atom stereocenters. The first-order valence-electron chi connectivity index (χ1n) is 8.88. The summed E-state index contributed by atoms with van der Waals surface area (Å²) in [6, 6.07) is 6.14. The van der Waals surface area contributed by atoms with Crippen molar-refractivity contribution in [2.75, 3.05) is 13.2 Å². The number of halogens is 4. The number of nitrogens with zero attached hydrogens (tertiary/aromatic N) is 2. The number of carbonyl (C=O) groups excluding carboxylic acids is 1. The second-order valence-electron chi connectivity index (χ2n) is 7.13.